The molecule has 2 aromatic carbocycles. The van der Waals surface area contributed by atoms with Gasteiger partial charge in [-0.25, -0.2) is 8.42 Å². The van der Waals surface area contributed by atoms with Crippen LogP contribution in [0.15, 0.2) is 63.1 Å². The van der Waals surface area contributed by atoms with Gasteiger partial charge in [-0.05, 0) is 48.5 Å². The number of thiazole rings is 1. The van der Waals surface area contributed by atoms with Crippen molar-refractivity contribution < 1.29 is 36.2 Å². The van der Waals surface area contributed by atoms with Gasteiger partial charge in [0.2, 0.25) is 5.88 Å². The molecule has 0 aliphatic heterocycles. The fraction of sp³-hybridized carbons (Fsp3) is 0.111. The number of rotatable bonds is 8. The van der Waals surface area contributed by atoms with E-state index < -0.39 is 22.1 Å². The zero-order chi connectivity index (χ0) is 22.6. The lowest BCUT2D eigenvalue weighted by Gasteiger charge is -2.11. The van der Waals surface area contributed by atoms with Gasteiger partial charge in [0.25, 0.3) is 10.0 Å². The number of sulfonamides is 1. The van der Waals surface area contributed by atoms with E-state index in [4.69, 9.17) is 0 Å². The maximum atomic E-state index is 12.4. The summed E-state index contributed by atoms with van der Waals surface area (Å²) >= 11 is 2.37. The number of aromatic nitrogens is 1. The summed E-state index contributed by atoms with van der Waals surface area (Å²) in [6.07, 6.45) is -4.88. The van der Waals surface area contributed by atoms with Gasteiger partial charge < -0.3 is 9.84 Å². The van der Waals surface area contributed by atoms with Crippen molar-refractivity contribution in [2.24, 2.45) is 0 Å². The van der Waals surface area contributed by atoms with E-state index >= 15 is 0 Å². The minimum atomic E-state index is -4.88. The van der Waals surface area contributed by atoms with Crippen molar-refractivity contribution in [3.05, 3.63) is 59.5 Å². The molecular weight excluding hydrogens is 477 g/mol. The molecule has 0 saturated heterocycles. The quantitative estimate of drug-likeness (QED) is 0.353. The largest absolute Gasteiger partial charge is 0.573 e. The number of thioether (sulfide) groups is 1. The van der Waals surface area contributed by atoms with E-state index in [1.807, 2.05) is 0 Å². The summed E-state index contributed by atoms with van der Waals surface area (Å²) in [6.45, 7) is 0. The summed E-state index contributed by atoms with van der Waals surface area (Å²) in [5, 5.41) is 10.6. The van der Waals surface area contributed by atoms with Crippen LogP contribution in [0.3, 0.4) is 0 Å². The van der Waals surface area contributed by atoms with Gasteiger partial charge in [-0.1, -0.05) is 11.8 Å². The summed E-state index contributed by atoms with van der Waals surface area (Å²) in [6, 6.07) is 9.43. The van der Waals surface area contributed by atoms with Crippen molar-refractivity contribution in [1.82, 2.24) is 4.98 Å². The molecule has 0 aliphatic rings. The van der Waals surface area contributed by atoms with Crippen molar-refractivity contribution in [3.63, 3.8) is 0 Å². The number of benzene rings is 2. The molecule has 1 heterocycles. The molecular formula is C18H13F3N2O5S3. The van der Waals surface area contributed by atoms with Gasteiger partial charge in [0.15, 0.2) is 10.1 Å². The van der Waals surface area contributed by atoms with Crippen LogP contribution in [0.5, 0.6) is 11.6 Å². The third kappa shape index (κ3) is 6.60. The molecule has 0 radical (unpaired) electrons. The molecule has 0 atom stereocenters. The molecule has 0 unspecified atom stereocenters. The van der Waals surface area contributed by atoms with E-state index in [-0.39, 0.29) is 28.0 Å². The Labute approximate surface area is 183 Å². The minimum absolute atomic E-state index is 0.0877. The second-order valence-electron chi connectivity index (χ2n) is 5.89. The summed E-state index contributed by atoms with van der Waals surface area (Å²) in [7, 11) is -4.06. The second-order valence-corrected chi connectivity index (χ2v) is 9.65. The number of ketones is 1. The number of halogens is 3. The molecule has 0 amide bonds. The first-order valence-corrected chi connectivity index (χ1v) is 11.7. The molecule has 0 bridgehead atoms. The van der Waals surface area contributed by atoms with Gasteiger partial charge in [0.1, 0.15) is 5.75 Å². The number of anilines is 1. The molecule has 0 fully saturated rings. The number of nitrogens with one attached hydrogen (secondary N) is 1. The number of ether oxygens (including phenoxy) is 1. The molecule has 7 nitrogen and oxygen atoms in total. The molecule has 13 heteroatoms. The predicted octanol–water partition coefficient (Wildman–Crippen LogP) is 4.52. The van der Waals surface area contributed by atoms with Crippen LogP contribution in [0.4, 0.5) is 18.9 Å². The van der Waals surface area contributed by atoms with E-state index in [9.17, 15) is 31.5 Å². The number of aromatic hydroxyl groups is 1. The number of hydrogen-bond donors (Lipinski definition) is 2. The van der Waals surface area contributed by atoms with Gasteiger partial charge in [-0.3, -0.25) is 9.52 Å². The predicted molar refractivity (Wildman–Crippen MR) is 109 cm³/mol. The molecule has 3 rings (SSSR count). The van der Waals surface area contributed by atoms with Crippen molar-refractivity contribution in [3.8, 4) is 11.6 Å². The number of nitrogens with zero attached hydrogens (tertiary/aromatic N) is 1. The lowest BCUT2D eigenvalue weighted by molar-refractivity contribution is -0.274. The highest BCUT2D eigenvalue weighted by Crippen LogP contribution is 2.27. The summed E-state index contributed by atoms with van der Waals surface area (Å²) < 4.78 is 67.9. The molecule has 0 saturated carbocycles. The number of carbonyl (C=O) groups excluding carboxylic acids is 1. The second kappa shape index (κ2) is 9.16. The average Bonchev–Trinajstić information content (AvgIpc) is 3.11. The first-order valence-electron chi connectivity index (χ1n) is 8.31. The van der Waals surface area contributed by atoms with Crippen LogP contribution in [0.1, 0.15) is 10.4 Å². The fourth-order valence-electron chi connectivity index (χ4n) is 2.28. The Morgan fingerprint density at radius 3 is 2.32 bits per heavy atom. The number of carbonyl (C=O) groups is 1. The monoisotopic (exact) mass is 490 g/mol. The third-order valence-electron chi connectivity index (χ3n) is 3.62. The maximum Gasteiger partial charge on any atom is 0.573 e. The van der Waals surface area contributed by atoms with E-state index in [0.29, 0.717) is 9.90 Å². The Balaban J connectivity index is 1.62. The topological polar surface area (TPSA) is 106 Å². The first-order chi connectivity index (χ1) is 14.5. The molecule has 164 valence electrons. The first kappa shape index (κ1) is 22.9. The zero-order valence-corrected chi connectivity index (χ0v) is 17.7. The van der Waals surface area contributed by atoms with Gasteiger partial charge in [0, 0.05) is 11.3 Å². The van der Waals surface area contributed by atoms with Crippen LogP contribution in [0, 0.1) is 0 Å². The highest BCUT2D eigenvalue weighted by atomic mass is 32.2. The normalized spacial score (nSPS) is 11.8. The minimum Gasteiger partial charge on any atom is -0.493 e. The lowest BCUT2D eigenvalue weighted by Crippen LogP contribution is -2.17. The molecule has 3 aromatic rings. The summed E-state index contributed by atoms with van der Waals surface area (Å²) in [4.78, 5) is 15.8. The van der Waals surface area contributed by atoms with E-state index in [1.165, 1.54) is 52.7 Å². The SMILES string of the molecule is O=C(CSc1nc(O)cs1)c1ccc(NS(=O)(=O)c2ccc(OC(F)(F)F)cc2)cc1. The van der Waals surface area contributed by atoms with Gasteiger partial charge in [0.05, 0.1) is 16.0 Å². The number of alkyl halides is 3. The Morgan fingerprint density at radius 2 is 1.77 bits per heavy atom. The fourth-order valence-corrected chi connectivity index (χ4v) is 4.92. The Kier molecular flexibility index (Phi) is 6.77. The highest BCUT2D eigenvalue weighted by molar-refractivity contribution is 8.01. The average molecular weight is 491 g/mol. The third-order valence-corrected chi connectivity index (χ3v) is 7.03. The van der Waals surface area contributed by atoms with Crippen molar-refractivity contribution >= 4 is 44.6 Å². The highest BCUT2D eigenvalue weighted by Gasteiger charge is 2.31. The zero-order valence-electron chi connectivity index (χ0n) is 15.3. The van der Waals surface area contributed by atoms with Gasteiger partial charge in [-0.15, -0.1) is 24.5 Å². The maximum absolute atomic E-state index is 12.4. The van der Waals surface area contributed by atoms with Gasteiger partial charge >= 0.3 is 6.36 Å². The van der Waals surface area contributed by atoms with Crippen molar-refractivity contribution in [2.75, 3.05) is 10.5 Å². The van der Waals surface area contributed by atoms with Crippen LogP contribution >= 0.6 is 23.1 Å². The van der Waals surface area contributed by atoms with E-state index in [0.717, 1.165) is 24.3 Å². The summed E-state index contributed by atoms with van der Waals surface area (Å²) in [5.41, 5.74) is 0.523. The van der Waals surface area contributed by atoms with Crippen LogP contribution in [0.25, 0.3) is 0 Å². The lowest BCUT2D eigenvalue weighted by atomic mass is 10.1. The van der Waals surface area contributed by atoms with E-state index in [2.05, 4.69) is 14.4 Å². The summed E-state index contributed by atoms with van der Waals surface area (Å²) in [5.74, 6) is -0.779. The van der Waals surface area contributed by atoms with Crippen molar-refractivity contribution in [1.29, 1.82) is 0 Å². The Morgan fingerprint density at radius 1 is 1.13 bits per heavy atom. The molecule has 2 N–H and O–H groups in total. The standard InChI is InChI=1S/C18H13F3N2O5S3/c19-18(20,21)28-13-5-7-14(8-6-13)31(26,27)23-12-3-1-11(2-4-12)15(24)9-29-17-22-16(25)10-30-17/h1-8,10,23,25H,9H2. The molecule has 0 aliphatic carbocycles. The Bertz CT molecular complexity index is 1160. The molecule has 0 spiro atoms. The van der Waals surface area contributed by atoms with Crippen molar-refractivity contribution in [2.45, 2.75) is 15.6 Å². The molecule has 31 heavy (non-hydrogen) atoms. The van der Waals surface area contributed by atoms with Gasteiger partial charge in [-0.2, -0.15) is 4.98 Å². The van der Waals surface area contributed by atoms with Crippen LogP contribution in [0.2, 0.25) is 0 Å². The molecule has 1 aromatic heterocycles. The van der Waals surface area contributed by atoms with Crippen LogP contribution in [-0.2, 0) is 10.0 Å². The number of hydrogen-bond acceptors (Lipinski definition) is 8. The van der Waals surface area contributed by atoms with Crippen LogP contribution in [-0.4, -0.2) is 36.4 Å². The smallest absolute Gasteiger partial charge is 0.493 e. The Hall–Kier alpha value is -2.77. The number of Topliss-reactive ketones (excluding diaryl/α,β-unsaturated/α-hetero) is 1. The van der Waals surface area contributed by atoms with E-state index in [1.54, 1.807) is 0 Å². The van der Waals surface area contributed by atoms with Crippen LogP contribution < -0.4 is 9.46 Å².